The fraction of sp³-hybridized carbons (Fsp3) is 0.769. The van der Waals surface area contributed by atoms with Gasteiger partial charge in [-0.15, -0.1) is 0 Å². The van der Waals surface area contributed by atoms with Gasteiger partial charge in [0, 0.05) is 25.7 Å². The molecule has 1 N–H and O–H groups in total. The number of nitriles is 1. The van der Waals surface area contributed by atoms with Crippen molar-refractivity contribution in [2.45, 2.75) is 31.3 Å². The summed E-state index contributed by atoms with van der Waals surface area (Å²) in [5.74, 6) is 0.00719. The third kappa shape index (κ3) is 3.39. The maximum atomic E-state index is 12.2. The Morgan fingerprint density at radius 1 is 1.40 bits per heavy atom. The van der Waals surface area contributed by atoms with Crippen molar-refractivity contribution in [3.63, 3.8) is 0 Å². The van der Waals surface area contributed by atoms with Gasteiger partial charge < -0.3 is 15.0 Å². The van der Waals surface area contributed by atoms with Crippen LogP contribution in [0.4, 0.5) is 4.79 Å². The van der Waals surface area contributed by atoms with Crippen LogP contribution in [0.25, 0.3) is 0 Å². The number of alkyl carbamates (subject to hydrolysis) is 1. The van der Waals surface area contributed by atoms with Gasteiger partial charge in [-0.25, -0.2) is 4.79 Å². The Bertz CT molecular complexity index is 420. The van der Waals surface area contributed by atoms with Gasteiger partial charge in [-0.3, -0.25) is 9.69 Å². The van der Waals surface area contributed by atoms with Crippen molar-refractivity contribution in [2.75, 3.05) is 33.3 Å². The second-order valence-electron chi connectivity index (χ2n) is 5.23. The number of nitrogens with one attached hydrogen (secondary N) is 1. The van der Waals surface area contributed by atoms with E-state index in [1.165, 1.54) is 7.11 Å². The van der Waals surface area contributed by atoms with E-state index in [9.17, 15) is 9.59 Å². The molecule has 0 bridgehead atoms. The van der Waals surface area contributed by atoms with E-state index < -0.39 is 6.09 Å². The number of hydrogen-bond donors (Lipinski definition) is 1. The SMILES string of the molecule is COC(=O)N[C@H]1CCN(CC(=O)N2CCC[C@H]2C#N)C1. The molecule has 2 rings (SSSR count). The summed E-state index contributed by atoms with van der Waals surface area (Å²) < 4.78 is 4.56. The summed E-state index contributed by atoms with van der Waals surface area (Å²) in [5.41, 5.74) is 0. The molecule has 2 amide bonds. The average molecular weight is 280 g/mol. The molecule has 7 nitrogen and oxygen atoms in total. The fourth-order valence-corrected chi connectivity index (χ4v) is 2.80. The van der Waals surface area contributed by atoms with E-state index in [0.717, 1.165) is 25.8 Å². The molecule has 0 saturated carbocycles. The molecule has 0 aromatic rings. The molecule has 2 aliphatic rings. The normalized spacial score (nSPS) is 26.3. The van der Waals surface area contributed by atoms with Crippen LogP contribution < -0.4 is 5.32 Å². The minimum absolute atomic E-state index is 0.00719. The molecule has 0 unspecified atom stereocenters. The molecule has 2 saturated heterocycles. The number of likely N-dealkylation sites (tertiary alicyclic amines) is 2. The summed E-state index contributed by atoms with van der Waals surface area (Å²) in [6.07, 6.45) is 2.04. The van der Waals surface area contributed by atoms with Crippen LogP contribution in [0.2, 0.25) is 0 Å². The molecule has 2 heterocycles. The van der Waals surface area contributed by atoms with Crippen molar-refractivity contribution in [3.8, 4) is 6.07 Å². The fourth-order valence-electron chi connectivity index (χ4n) is 2.80. The highest BCUT2D eigenvalue weighted by molar-refractivity contribution is 5.79. The van der Waals surface area contributed by atoms with Gasteiger partial charge in [-0.1, -0.05) is 0 Å². The third-order valence-corrected chi connectivity index (χ3v) is 3.86. The van der Waals surface area contributed by atoms with Gasteiger partial charge in [0.25, 0.3) is 0 Å². The van der Waals surface area contributed by atoms with Crippen LogP contribution in [0.5, 0.6) is 0 Å². The van der Waals surface area contributed by atoms with E-state index in [2.05, 4.69) is 16.1 Å². The van der Waals surface area contributed by atoms with E-state index in [4.69, 9.17) is 5.26 Å². The lowest BCUT2D eigenvalue weighted by molar-refractivity contribution is -0.132. The molecule has 2 aliphatic heterocycles. The standard InChI is InChI=1S/C13H20N4O3/c1-20-13(19)15-10-4-6-16(8-10)9-12(18)17-5-2-3-11(17)7-14/h10-11H,2-6,8-9H2,1H3,(H,15,19)/t10-,11-/m0/s1. The minimum atomic E-state index is -0.438. The van der Waals surface area contributed by atoms with Crippen molar-refractivity contribution >= 4 is 12.0 Å². The highest BCUT2D eigenvalue weighted by atomic mass is 16.5. The first kappa shape index (κ1) is 14.6. The molecule has 20 heavy (non-hydrogen) atoms. The first-order valence-corrected chi connectivity index (χ1v) is 6.90. The Labute approximate surface area is 118 Å². The highest BCUT2D eigenvalue weighted by Crippen LogP contribution is 2.17. The number of ether oxygens (including phenoxy) is 1. The molecule has 0 radical (unpaired) electrons. The molecule has 0 spiro atoms. The first-order chi connectivity index (χ1) is 9.63. The summed E-state index contributed by atoms with van der Waals surface area (Å²) in [5, 5.41) is 11.7. The van der Waals surface area contributed by atoms with Gasteiger partial charge in [0.05, 0.1) is 19.7 Å². The van der Waals surface area contributed by atoms with Gasteiger partial charge in [0.15, 0.2) is 0 Å². The van der Waals surface area contributed by atoms with Crippen LogP contribution in [-0.4, -0.2) is 67.2 Å². The van der Waals surface area contributed by atoms with Crippen LogP contribution in [-0.2, 0) is 9.53 Å². The maximum Gasteiger partial charge on any atom is 0.407 e. The van der Waals surface area contributed by atoms with Crippen LogP contribution >= 0.6 is 0 Å². The van der Waals surface area contributed by atoms with Crippen molar-refractivity contribution in [1.82, 2.24) is 15.1 Å². The zero-order valence-corrected chi connectivity index (χ0v) is 11.7. The lowest BCUT2D eigenvalue weighted by Gasteiger charge is -2.23. The highest BCUT2D eigenvalue weighted by Gasteiger charge is 2.31. The van der Waals surface area contributed by atoms with Gasteiger partial charge in [0.1, 0.15) is 6.04 Å². The second-order valence-corrected chi connectivity index (χ2v) is 5.23. The predicted octanol–water partition coefficient (Wildman–Crippen LogP) is -0.0687. The van der Waals surface area contributed by atoms with Crippen molar-refractivity contribution in [3.05, 3.63) is 0 Å². The Balaban J connectivity index is 1.79. The monoisotopic (exact) mass is 280 g/mol. The summed E-state index contributed by atoms with van der Waals surface area (Å²) in [4.78, 5) is 27.0. The Morgan fingerprint density at radius 3 is 2.90 bits per heavy atom. The Kier molecular flexibility index (Phi) is 4.79. The lowest BCUT2D eigenvalue weighted by Crippen LogP contribution is -2.43. The van der Waals surface area contributed by atoms with Crippen LogP contribution in [0.1, 0.15) is 19.3 Å². The predicted molar refractivity (Wildman–Crippen MR) is 70.7 cm³/mol. The molecule has 0 aliphatic carbocycles. The third-order valence-electron chi connectivity index (χ3n) is 3.86. The summed E-state index contributed by atoms with van der Waals surface area (Å²) in [6.45, 7) is 2.41. The summed E-state index contributed by atoms with van der Waals surface area (Å²) >= 11 is 0. The first-order valence-electron chi connectivity index (χ1n) is 6.90. The quantitative estimate of drug-likeness (QED) is 0.782. The maximum absolute atomic E-state index is 12.2. The van der Waals surface area contributed by atoms with Crippen LogP contribution in [0, 0.1) is 11.3 Å². The number of carbonyl (C=O) groups excluding carboxylic acids is 2. The number of amides is 2. The zero-order valence-electron chi connectivity index (χ0n) is 11.7. The largest absolute Gasteiger partial charge is 0.453 e. The van der Waals surface area contributed by atoms with E-state index in [-0.39, 0.29) is 18.0 Å². The molecule has 110 valence electrons. The van der Waals surface area contributed by atoms with Crippen molar-refractivity contribution in [1.29, 1.82) is 5.26 Å². The second kappa shape index (κ2) is 6.57. The van der Waals surface area contributed by atoms with Crippen molar-refractivity contribution < 1.29 is 14.3 Å². The number of rotatable bonds is 3. The molecule has 7 heteroatoms. The number of carbonyl (C=O) groups is 2. The van der Waals surface area contributed by atoms with Gasteiger partial charge in [-0.2, -0.15) is 5.26 Å². The Hall–Kier alpha value is -1.81. The van der Waals surface area contributed by atoms with Crippen LogP contribution in [0.15, 0.2) is 0 Å². The van der Waals surface area contributed by atoms with Crippen molar-refractivity contribution in [2.24, 2.45) is 0 Å². The lowest BCUT2D eigenvalue weighted by atomic mass is 10.2. The molecular weight excluding hydrogens is 260 g/mol. The van der Waals surface area contributed by atoms with Gasteiger partial charge in [0.2, 0.25) is 5.91 Å². The molecule has 0 aromatic heterocycles. The molecule has 0 aromatic carbocycles. The minimum Gasteiger partial charge on any atom is -0.453 e. The smallest absolute Gasteiger partial charge is 0.407 e. The zero-order chi connectivity index (χ0) is 14.5. The van der Waals surface area contributed by atoms with E-state index in [1.54, 1.807) is 4.90 Å². The van der Waals surface area contributed by atoms with Gasteiger partial charge >= 0.3 is 6.09 Å². The number of methoxy groups -OCH3 is 1. The molecule has 2 atom stereocenters. The average Bonchev–Trinajstić information content (AvgIpc) is 3.07. The van der Waals surface area contributed by atoms with Gasteiger partial charge in [-0.05, 0) is 19.3 Å². The Morgan fingerprint density at radius 2 is 2.20 bits per heavy atom. The number of nitrogens with zero attached hydrogens (tertiary/aromatic N) is 3. The number of hydrogen-bond acceptors (Lipinski definition) is 5. The molecule has 2 fully saturated rings. The summed E-state index contributed by atoms with van der Waals surface area (Å²) in [6, 6.07) is 1.93. The van der Waals surface area contributed by atoms with E-state index >= 15 is 0 Å². The van der Waals surface area contributed by atoms with E-state index in [1.807, 2.05) is 4.90 Å². The topological polar surface area (TPSA) is 85.7 Å². The van der Waals surface area contributed by atoms with Crippen LogP contribution in [0.3, 0.4) is 0 Å². The van der Waals surface area contributed by atoms with E-state index in [0.29, 0.717) is 19.6 Å². The molecular formula is C13H20N4O3. The summed E-state index contributed by atoms with van der Waals surface area (Å²) in [7, 11) is 1.33.